The van der Waals surface area contributed by atoms with E-state index in [2.05, 4.69) is 4.98 Å². The summed E-state index contributed by atoms with van der Waals surface area (Å²) < 4.78 is 5.18. The lowest BCUT2D eigenvalue weighted by molar-refractivity contribution is 0.414. The second kappa shape index (κ2) is 5.98. The lowest BCUT2D eigenvalue weighted by atomic mass is 10.2. The Morgan fingerprint density at radius 1 is 1.39 bits per heavy atom. The number of methoxy groups -OCH3 is 1. The smallest absolute Gasteiger partial charge is 0.121 e. The van der Waals surface area contributed by atoms with Gasteiger partial charge in [-0.25, -0.2) is 4.98 Å². The van der Waals surface area contributed by atoms with E-state index in [9.17, 15) is 0 Å². The Bertz CT molecular complexity index is 548. The predicted octanol–water partition coefficient (Wildman–Crippen LogP) is 3.62. The molecule has 0 bridgehead atoms. The van der Waals surface area contributed by atoms with E-state index in [0.717, 1.165) is 22.1 Å². The Kier molecular flexibility index (Phi) is 4.33. The quantitative estimate of drug-likeness (QED) is 0.686. The molecule has 0 aliphatic rings. The molecule has 1 aromatic heterocycles. The van der Waals surface area contributed by atoms with Gasteiger partial charge in [-0.1, -0.05) is 11.6 Å². The molecule has 0 unspecified atom stereocenters. The molecule has 0 radical (unpaired) electrons. The molecule has 18 heavy (non-hydrogen) atoms. The summed E-state index contributed by atoms with van der Waals surface area (Å²) in [5, 5.41) is 1.49. The number of hydrogen-bond donors (Lipinski definition) is 1. The van der Waals surface area contributed by atoms with Crippen LogP contribution in [0.25, 0.3) is 0 Å². The maximum Gasteiger partial charge on any atom is 0.121 e. The summed E-state index contributed by atoms with van der Waals surface area (Å²) in [4.78, 5) is 4.23. The summed E-state index contributed by atoms with van der Waals surface area (Å²) in [6, 6.07) is 9.32. The molecule has 1 heterocycles. The van der Waals surface area contributed by atoms with Crippen LogP contribution < -0.4 is 10.5 Å². The van der Waals surface area contributed by atoms with E-state index in [1.54, 1.807) is 31.1 Å². The van der Waals surface area contributed by atoms with Gasteiger partial charge in [0.05, 0.1) is 12.1 Å². The number of pyridine rings is 1. The maximum atomic E-state index is 6.05. The molecule has 0 fully saturated rings. The molecule has 3 nitrogen and oxygen atoms in total. The van der Waals surface area contributed by atoms with Crippen LogP contribution in [0.2, 0.25) is 5.02 Å². The zero-order chi connectivity index (χ0) is 13.0. The van der Waals surface area contributed by atoms with Crippen molar-refractivity contribution in [2.75, 3.05) is 12.8 Å². The fourth-order valence-electron chi connectivity index (χ4n) is 1.52. The molecule has 5 heteroatoms. The molecular formula is C13H13ClN2OS. The van der Waals surface area contributed by atoms with Gasteiger partial charge in [0, 0.05) is 23.7 Å². The molecule has 2 rings (SSSR count). The van der Waals surface area contributed by atoms with Gasteiger partial charge < -0.3 is 10.5 Å². The number of nitrogens with two attached hydrogens (primary N) is 1. The summed E-state index contributed by atoms with van der Waals surface area (Å²) in [6.07, 6.45) is 1.73. The van der Waals surface area contributed by atoms with Crippen LogP contribution in [-0.4, -0.2) is 12.1 Å². The first-order valence-corrected chi connectivity index (χ1v) is 6.72. The van der Waals surface area contributed by atoms with E-state index in [1.807, 2.05) is 24.3 Å². The van der Waals surface area contributed by atoms with Crippen molar-refractivity contribution >= 4 is 29.1 Å². The van der Waals surface area contributed by atoms with Crippen molar-refractivity contribution in [2.45, 2.75) is 10.8 Å². The Morgan fingerprint density at radius 2 is 2.22 bits per heavy atom. The Labute approximate surface area is 115 Å². The van der Waals surface area contributed by atoms with Crippen LogP contribution in [0.15, 0.2) is 41.6 Å². The van der Waals surface area contributed by atoms with Crippen LogP contribution in [0.1, 0.15) is 5.56 Å². The monoisotopic (exact) mass is 280 g/mol. The third-order valence-electron chi connectivity index (χ3n) is 2.32. The molecule has 0 saturated heterocycles. The number of aromatic nitrogens is 1. The molecule has 2 N–H and O–H groups in total. The van der Waals surface area contributed by atoms with Crippen molar-refractivity contribution in [3.8, 4) is 5.75 Å². The second-order valence-corrected chi connectivity index (χ2v) is 5.06. The van der Waals surface area contributed by atoms with E-state index in [1.165, 1.54) is 0 Å². The van der Waals surface area contributed by atoms with Gasteiger partial charge in [-0.15, -0.1) is 11.8 Å². The largest absolute Gasteiger partial charge is 0.497 e. The predicted molar refractivity (Wildman–Crippen MR) is 76.2 cm³/mol. The van der Waals surface area contributed by atoms with E-state index in [0.29, 0.717) is 10.7 Å². The number of hydrogen-bond acceptors (Lipinski definition) is 4. The number of ether oxygens (including phenoxy) is 1. The van der Waals surface area contributed by atoms with Crippen LogP contribution in [0.5, 0.6) is 5.75 Å². The Balaban J connectivity index is 2.11. The fraction of sp³-hybridized carbons (Fsp3) is 0.154. The molecule has 0 atom stereocenters. The molecule has 2 aromatic rings. The SMILES string of the molecule is COc1cc(N)cc(CSc2ncccc2Cl)c1. The van der Waals surface area contributed by atoms with E-state index >= 15 is 0 Å². The fourth-order valence-corrected chi connectivity index (χ4v) is 2.61. The lowest BCUT2D eigenvalue weighted by Crippen LogP contribution is -1.92. The highest BCUT2D eigenvalue weighted by atomic mass is 35.5. The lowest BCUT2D eigenvalue weighted by Gasteiger charge is -2.07. The highest BCUT2D eigenvalue weighted by molar-refractivity contribution is 7.98. The molecule has 0 saturated carbocycles. The first-order valence-electron chi connectivity index (χ1n) is 5.36. The standard InChI is InChI=1S/C13H13ClN2OS/c1-17-11-6-9(5-10(15)7-11)8-18-13-12(14)3-2-4-16-13/h2-7H,8,15H2,1H3. The molecular weight excluding hydrogens is 268 g/mol. The minimum absolute atomic E-state index is 0.665. The van der Waals surface area contributed by atoms with Crippen molar-refractivity contribution in [1.82, 2.24) is 4.98 Å². The van der Waals surface area contributed by atoms with Crippen LogP contribution in [0, 0.1) is 0 Å². The number of rotatable bonds is 4. The van der Waals surface area contributed by atoms with Gasteiger partial charge in [-0.2, -0.15) is 0 Å². The van der Waals surface area contributed by atoms with Gasteiger partial charge >= 0.3 is 0 Å². The molecule has 0 amide bonds. The van der Waals surface area contributed by atoms with E-state index < -0.39 is 0 Å². The zero-order valence-corrected chi connectivity index (χ0v) is 11.5. The van der Waals surface area contributed by atoms with Gasteiger partial charge in [0.15, 0.2) is 0 Å². The summed E-state index contributed by atoms with van der Waals surface area (Å²) in [5.74, 6) is 1.51. The highest BCUT2D eigenvalue weighted by Gasteiger charge is 2.04. The van der Waals surface area contributed by atoms with Crippen LogP contribution in [0.3, 0.4) is 0 Å². The second-order valence-electron chi connectivity index (χ2n) is 3.69. The number of thioether (sulfide) groups is 1. The number of nitrogen functional groups attached to an aromatic ring is 1. The minimum atomic E-state index is 0.665. The average molecular weight is 281 g/mol. The van der Waals surface area contributed by atoms with Crippen LogP contribution in [0.4, 0.5) is 5.69 Å². The third kappa shape index (κ3) is 3.31. The normalized spacial score (nSPS) is 10.3. The van der Waals surface area contributed by atoms with Crippen molar-refractivity contribution in [3.63, 3.8) is 0 Å². The van der Waals surface area contributed by atoms with Gasteiger partial charge in [-0.05, 0) is 29.8 Å². The first kappa shape index (κ1) is 13.1. The van der Waals surface area contributed by atoms with Crippen molar-refractivity contribution in [2.24, 2.45) is 0 Å². The van der Waals surface area contributed by atoms with Crippen LogP contribution >= 0.6 is 23.4 Å². The Morgan fingerprint density at radius 3 is 2.94 bits per heavy atom. The molecule has 1 aromatic carbocycles. The summed E-state index contributed by atoms with van der Waals surface area (Å²) >= 11 is 7.62. The Hall–Kier alpha value is -1.39. The number of halogens is 1. The number of nitrogens with zero attached hydrogens (tertiary/aromatic N) is 1. The zero-order valence-electron chi connectivity index (χ0n) is 9.89. The molecule has 0 aliphatic heterocycles. The third-order valence-corrected chi connectivity index (χ3v) is 3.82. The molecule has 94 valence electrons. The molecule has 0 spiro atoms. The van der Waals surface area contributed by atoms with Crippen molar-refractivity contribution in [1.29, 1.82) is 0 Å². The summed E-state index contributed by atoms with van der Waals surface area (Å²) in [6.45, 7) is 0. The highest BCUT2D eigenvalue weighted by Crippen LogP contribution is 2.29. The van der Waals surface area contributed by atoms with E-state index in [-0.39, 0.29) is 0 Å². The van der Waals surface area contributed by atoms with Gasteiger partial charge in [0.1, 0.15) is 10.8 Å². The average Bonchev–Trinajstić information content (AvgIpc) is 2.37. The van der Waals surface area contributed by atoms with Gasteiger partial charge in [-0.3, -0.25) is 0 Å². The summed E-state index contributed by atoms with van der Waals surface area (Å²) in [5.41, 5.74) is 7.58. The van der Waals surface area contributed by atoms with Gasteiger partial charge in [0.25, 0.3) is 0 Å². The van der Waals surface area contributed by atoms with Crippen molar-refractivity contribution < 1.29 is 4.74 Å². The summed E-state index contributed by atoms with van der Waals surface area (Å²) in [7, 11) is 1.63. The number of anilines is 1. The van der Waals surface area contributed by atoms with Crippen molar-refractivity contribution in [3.05, 3.63) is 47.1 Å². The topological polar surface area (TPSA) is 48.1 Å². The van der Waals surface area contributed by atoms with Gasteiger partial charge in [0.2, 0.25) is 0 Å². The molecule has 0 aliphatic carbocycles. The number of benzene rings is 1. The first-order chi connectivity index (χ1) is 8.69. The van der Waals surface area contributed by atoms with Crippen LogP contribution in [-0.2, 0) is 5.75 Å². The minimum Gasteiger partial charge on any atom is -0.497 e. The maximum absolute atomic E-state index is 6.05. The van der Waals surface area contributed by atoms with E-state index in [4.69, 9.17) is 22.1 Å².